The van der Waals surface area contributed by atoms with Gasteiger partial charge in [0, 0.05) is 22.5 Å². The molecule has 0 saturated heterocycles. The molecular formula is C57H43N. The standard InChI is InChI=1S/C57H43N/c1-57(2)55-20-12-11-19-51(55)52-34-31-46(37-56(52)57)58(44-27-21-40(22-28-44)38-13-5-3-6-14-38)45-29-23-41(24-30-45)43-26-33-50-49-32-25-42(39-15-7-4-8-16-39)35-53(49)47-17-9-10-18-48(47)54(50)36-43/h3-10,13-37H,11-12H2,1-2H3. The van der Waals surface area contributed by atoms with Crippen LogP contribution < -0.4 is 4.90 Å². The highest BCUT2D eigenvalue weighted by atomic mass is 15.1. The van der Waals surface area contributed by atoms with Crippen LogP contribution in [0, 0.1) is 0 Å². The fourth-order valence-corrected chi connectivity index (χ4v) is 9.72. The summed E-state index contributed by atoms with van der Waals surface area (Å²) in [6.07, 6.45) is 7.14. The molecule has 0 spiro atoms. The molecule has 0 saturated carbocycles. The molecule has 276 valence electrons. The van der Waals surface area contributed by atoms with Crippen LogP contribution in [0.1, 0.15) is 37.8 Å². The Balaban J connectivity index is 1.01. The molecule has 9 aromatic carbocycles. The molecule has 0 fully saturated rings. The van der Waals surface area contributed by atoms with Gasteiger partial charge in [-0.05, 0) is 149 Å². The molecule has 0 bridgehead atoms. The molecule has 0 heterocycles. The van der Waals surface area contributed by atoms with Crippen molar-refractivity contribution in [3.05, 3.63) is 217 Å². The van der Waals surface area contributed by atoms with Gasteiger partial charge in [-0.15, -0.1) is 0 Å². The number of hydrogen-bond acceptors (Lipinski definition) is 1. The normalized spacial score (nSPS) is 14.2. The van der Waals surface area contributed by atoms with Crippen LogP contribution in [0.2, 0.25) is 0 Å². The fourth-order valence-electron chi connectivity index (χ4n) is 9.72. The molecule has 0 atom stereocenters. The maximum atomic E-state index is 2.47. The predicted octanol–water partition coefficient (Wildman–Crippen LogP) is 16.0. The highest BCUT2D eigenvalue weighted by Gasteiger charge is 2.39. The quantitative estimate of drug-likeness (QED) is 0.153. The van der Waals surface area contributed by atoms with Crippen molar-refractivity contribution < 1.29 is 0 Å². The summed E-state index contributed by atoms with van der Waals surface area (Å²) < 4.78 is 0. The van der Waals surface area contributed by atoms with Crippen LogP contribution in [0.25, 0.3) is 71.3 Å². The van der Waals surface area contributed by atoms with E-state index in [9.17, 15) is 0 Å². The second-order valence-corrected chi connectivity index (χ2v) is 16.4. The van der Waals surface area contributed by atoms with E-state index in [-0.39, 0.29) is 5.41 Å². The molecule has 0 amide bonds. The number of fused-ring (bicyclic) bond motifs is 9. The first-order valence-electron chi connectivity index (χ1n) is 20.6. The van der Waals surface area contributed by atoms with E-state index in [1.165, 1.54) is 93.7 Å². The Bertz CT molecular complexity index is 3070. The number of benzene rings is 9. The SMILES string of the molecule is CC1(C)C2=CCCC=C2c2ccc(N(c3ccc(-c4ccccc4)cc3)c3ccc(-c4ccc5c6ccc(-c7ccccc7)cc6c6ccccc6c5c4)cc3)cc21. The Morgan fingerprint density at radius 1 is 0.362 bits per heavy atom. The molecule has 11 rings (SSSR count). The molecule has 0 N–H and O–H groups in total. The zero-order chi connectivity index (χ0) is 38.8. The molecule has 2 aliphatic carbocycles. The Hall–Kier alpha value is -6.96. The van der Waals surface area contributed by atoms with Gasteiger partial charge in [0.05, 0.1) is 0 Å². The molecule has 58 heavy (non-hydrogen) atoms. The molecule has 1 nitrogen and oxygen atoms in total. The van der Waals surface area contributed by atoms with Crippen LogP contribution in [-0.4, -0.2) is 0 Å². The minimum absolute atomic E-state index is 0.0416. The lowest BCUT2D eigenvalue weighted by molar-refractivity contribution is 0.654. The van der Waals surface area contributed by atoms with Crippen LogP contribution in [0.3, 0.4) is 0 Å². The summed E-state index contributed by atoms with van der Waals surface area (Å²) in [6, 6.07) is 69.5. The van der Waals surface area contributed by atoms with Gasteiger partial charge in [-0.2, -0.15) is 0 Å². The number of rotatable bonds is 6. The molecule has 0 radical (unpaired) electrons. The van der Waals surface area contributed by atoms with Crippen LogP contribution >= 0.6 is 0 Å². The van der Waals surface area contributed by atoms with Crippen molar-refractivity contribution in [2.45, 2.75) is 32.1 Å². The number of nitrogens with zero attached hydrogens (tertiary/aromatic N) is 1. The van der Waals surface area contributed by atoms with Gasteiger partial charge in [0.2, 0.25) is 0 Å². The average Bonchev–Trinajstić information content (AvgIpc) is 3.52. The van der Waals surface area contributed by atoms with Crippen molar-refractivity contribution in [2.75, 3.05) is 4.90 Å². The maximum absolute atomic E-state index is 2.47. The van der Waals surface area contributed by atoms with E-state index < -0.39 is 0 Å². The molecule has 1 heteroatoms. The topological polar surface area (TPSA) is 3.24 Å². The van der Waals surface area contributed by atoms with Crippen LogP contribution in [0.4, 0.5) is 17.1 Å². The van der Waals surface area contributed by atoms with E-state index in [0.29, 0.717) is 0 Å². The lowest BCUT2D eigenvalue weighted by Gasteiger charge is -2.28. The number of anilines is 3. The smallest absolute Gasteiger partial charge is 0.0465 e. The van der Waals surface area contributed by atoms with E-state index in [0.717, 1.165) is 24.2 Å². The first-order valence-corrected chi connectivity index (χ1v) is 20.6. The highest BCUT2D eigenvalue weighted by molar-refractivity contribution is 6.26. The second-order valence-electron chi connectivity index (χ2n) is 16.4. The Kier molecular flexibility index (Phi) is 8.05. The van der Waals surface area contributed by atoms with Crippen LogP contribution in [-0.2, 0) is 5.41 Å². The van der Waals surface area contributed by atoms with Crippen molar-refractivity contribution in [1.82, 2.24) is 0 Å². The van der Waals surface area contributed by atoms with Crippen molar-refractivity contribution in [1.29, 1.82) is 0 Å². The average molecular weight is 742 g/mol. The summed E-state index contributed by atoms with van der Waals surface area (Å²) in [5.74, 6) is 0. The lowest BCUT2D eigenvalue weighted by Crippen LogP contribution is -2.17. The minimum Gasteiger partial charge on any atom is -0.310 e. The van der Waals surface area contributed by atoms with E-state index in [1.807, 2.05) is 0 Å². The van der Waals surface area contributed by atoms with E-state index in [2.05, 4.69) is 219 Å². The van der Waals surface area contributed by atoms with E-state index in [1.54, 1.807) is 0 Å². The molecule has 0 aliphatic heterocycles. The highest BCUT2D eigenvalue weighted by Crippen LogP contribution is 2.53. The van der Waals surface area contributed by atoms with Crippen molar-refractivity contribution in [3.8, 4) is 33.4 Å². The Morgan fingerprint density at radius 3 is 1.36 bits per heavy atom. The summed E-state index contributed by atoms with van der Waals surface area (Å²) >= 11 is 0. The van der Waals surface area contributed by atoms with E-state index >= 15 is 0 Å². The van der Waals surface area contributed by atoms with Gasteiger partial charge >= 0.3 is 0 Å². The van der Waals surface area contributed by atoms with Gasteiger partial charge in [0.15, 0.2) is 0 Å². The number of allylic oxidation sites excluding steroid dienone is 4. The molecule has 9 aromatic rings. The maximum Gasteiger partial charge on any atom is 0.0465 e. The molecular weight excluding hydrogens is 699 g/mol. The Labute approximate surface area is 340 Å². The summed E-state index contributed by atoms with van der Waals surface area (Å²) in [6.45, 7) is 4.78. The molecule has 0 aromatic heterocycles. The third-order valence-electron chi connectivity index (χ3n) is 12.7. The lowest BCUT2D eigenvalue weighted by atomic mass is 9.80. The van der Waals surface area contributed by atoms with Gasteiger partial charge in [-0.3, -0.25) is 0 Å². The molecule has 0 unspecified atom stereocenters. The summed E-state index contributed by atoms with van der Waals surface area (Å²) in [7, 11) is 0. The zero-order valence-electron chi connectivity index (χ0n) is 32.9. The predicted molar refractivity (Wildman–Crippen MR) is 248 cm³/mol. The largest absolute Gasteiger partial charge is 0.310 e. The first kappa shape index (κ1) is 34.3. The second kappa shape index (κ2) is 13.6. The van der Waals surface area contributed by atoms with Gasteiger partial charge in [0.1, 0.15) is 0 Å². The van der Waals surface area contributed by atoms with Crippen LogP contribution in [0.5, 0.6) is 0 Å². The summed E-state index contributed by atoms with van der Waals surface area (Å²) in [5, 5.41) is 7.71. The van der Waals surface area contributed by atoms with Gasteiger partial charge < -0.3 is 4.90 Å². The number of hydrogen-bond donors (Lipinski definition) is 0. The van der Waals surface area contributed by atoms with Gasteiger partial charge in [0.25, 0.3) is 0 Å². The Morgan fingerprint density at radius 2 is 0.793 bits per heavy atom. The van der Waals surface area contributed by atoms with Crippen molar-refractivity contribution in [3.63, 3.8) is 0 Å². The molecule has 2 aliphatic rings. The van der Waals surface area contributed by atoms with Crippen molar-refractivity contribution >= 4 is 55.0 Å². The third-order valence-corrected chi connectivity index (χ3v) is 12.7. The minimum atomic E-state index is -0.0416. The zero-order valence-corrected chi connectivity index (χ0v) is 32.9. The van der Waals surface area contributed by atoms with Gasteiger partial charge in [-0.1, -0.05) is 166 Å². The summed E-state index contributed by atoms with van der Waals surface area (Å²) in [4.78, 5) is 2.42. The van der Waals surface area contributed by atoms with Crippen LogP contribution in [0.15, 0.2) is 206 Å². The van der Waals surface area contributed by atoms with Crippen molar-refractivity contribution in [2.24, 2.45) is 0 Å². The summed E-state index contributed by atoms with van der Waals surface area (Å²) in [5.41, 5.74) is 16.4. The monoisotopic (exact) mass is 741 g/mol. The third kappa shape index (κ3) is 5.61. The fraction of sp³-hybridized carbons (Fsp3) is 0.0877. The van der Waals surface area contributed by atoms with E-state index in [4.69, 9.17) is 0 Å². The first-order chi connectivity index (χ1) is 28.5. The van der Waals surface area contributed by atoms with Gasteiger partial charge in [-0.25, -0.2) is 0 Å².